The summed E-state index contributed by atoms with van der Waals surface area (Å²) in [5.74, 6) is 0.808. The summed E-state index contributed by atoms with van der Waals surface area (Å²) in [6.45, 7) is 8.77. The van der Waals surface area contributed by atoms with E-state index in [1.54, 1.807) is 6.33 Å². The lowest BCUT2D eigenvalue weighted by Gasteiger charge is -2.20. The lowest BCUT2D eigenvalue weighted by molar-refractivity contribution is 0.0958. The van der Waals surface area contributed by atoms with Gasteiger partial charge in [-0.3, -0.25) is 4.79 Å². The zero-order valence-corrected chi connectivity index (χ0v) is 13.5. The molecule has 6 nitrogen and oxygen atoms in total. The van der Waals surface area contributed by atoms with E-state index in [4.69, 9.17) is 5.73 Å². The first-order chi connectivity index (χ1) is 10.1. The number of nitrogens with two attached hydrogens (primary N) is 1. The van der Waals surface area contributed by atoms with Gasteiger partial charge in [-0.25, -0.2) is 9.97 Å². The van der Waals surface area contributed by atoms with Crippen LogP contribution in [0, 0.1) is 6.92 Å². The van der Waals surface area contributed by atoms with Crippen LogP contribution in [0.2, 0.25) is 0 Å². The van der Waals surface area contributed by atoms with Gasteiger partial charge in [-0.15, -0.1) is 11.3 Å². The molecule has 21 heavy (non-hydrogen) atoms. The molecule has 7 heteroatoms. The van der Waals surface area contributed by atoms with Gasteiger partial charge in [-0.1, -0.05) is 0 Å². The van der Waals surface area contributed by atoms with Crippen molar-refractivity contribution in [2.75, 3.05) is 31.1 Å². The van der Waals surface area contributed by atoms with Gasteiger partial charge in [0.05, 0.1) is 10.3 Å². The summed E-state index contributed by atoms with van der Waals surface area (Å²) in [7, 11) is 0. The summed E-state index contributed by atoms with van der Waals surface area (Å²) < 4.78 is 0. The van der Waals surface area contributed by atoms with Gasteiger partial charge in [-0.05, 0) is 26.3 Å². The Labute approximate surface area is 128 Å². The standard InChI is InChI=1S/C14H21N5OS/c1-4-19(5-2)12-10-9(3)11(13(20)16-7-6-15)21-14(10)18-8-17-12/h8H,4-7,15H2,1-3H3,(H,16,20). The SMILES string of the molecule is CCN(CC)c1ncnc2sc(C(=O)NCCN)c(C)c12. The van der Waals surface area contributed by atoms with E-state index in [0.717, 1.165) is 34.7 Å². The molecule has 2 aromatic rings. The van der Waals surface area contributed by atoms with E-state index in [0.29, 0.717) is 18.0 Å². The zero-order valence-electron chi connectivity index (χ0n) is 12.6. The summed E-state index contributed by atoms with van der Waals surface area (Å²) in [5.41, 5.74) is 6.36. The largest absolute Gasteiger partial charge is 0.357 e. The van der Waals surface area contributed by atoms with E-state index in [-0.39, 0.29) is 5.91 Å². The van der Waals surface area contributed by atoms with Gasteiger partial charge in [0.2, 0.25) is 0 Å². The van der Waals surface area contributed by atoms with Crippen LogP contribution in [0.4, 0.5) is 5.82 Å². The third-order valence-corrected chi connectivity index (χ3v) is 4.60. The second-order valence-electron chi connectivity index (χ2n) is 4.65. The molecule has 0 aromatic carbocycles. The highest BCUT2D eigenvalue weighted by Crippen LogP contribution is 2.34. The topological polar surface area (TPSA) is 84.1 Å². The number of amides is 1. The second-order valence-corrected chi connectivity index (χ2v) is 5.65. The Morgan fingerprint density at radius 2 is 2.10 bits per heavy atom. The molecule has 2 heterocycles. The van der Waals surface area contributed by atoms with Gasteiger partial charge in [0.15, 0.2) is 0 Å². The molecule has 2 aromatic heterocycles. The lowest BCUT2D eigenvalue weighted by atomic mass is 10.2. The van der Waals surface area contributed by atoms with Crippen molar-refractivity contribution in [3.8, 4) is 0 Å². The van der Waals surface area contributed by atoms with Crippen molar-refractivity contribution in [1.82, 2.24) is 15.3 Å². The molecule has 114 valence electrons. The number of nitrogens with zero attached hydrogens (tertiary/aromatic N) is 3. The van der Waals surface area contributed by atoms with Crippen molar-refractivity contribution < 1.29 is 4.79 Å². The lowest BCUT2D eigenvalue weighted by Crippen LogP contribution is -2.28. The second kappa shape index (κ2) is 6.82. The third kappa shape index (κ3) is 2.98. The Hall–Kier alpha value is -1.73. The predicted molar refractivity (Wildman–Crippen MR) is 87.1 cm³/mol. The zero-order chi connectivity index (χ0) is 15.4. The van der Waals surface area contributed by atoms with Crippen LogP contribution in [0.15, 0.2) is 6.33 Å². The van der Waals surface area contributed by atoms with Gasteiger partial charge in [-0.2, -0.15) is 0 Å². The number of aryl methyl sites for hydroxylation is 1. The van der Waals surface area contributed by atoms with Crippen molar-refractivity contribution in [2.24, 2.45) is 5.73 Å². The molecule has 0 aliphatic rings. The Kier molecular flexibility index (Phi) is 5.08. The van der Waals surface area contributed by atoms with Crippen LogP contribution in [-0.4, -0.2) is 42.1 Å². The maximum Gasteiger partial charge on any atom is 0.261 e. The first-order valence-corrected chi connectivity index (χ1v) is 7.92. The Morgan fingerprint density at radius 3 is 2.71 bits per heavy atom. The summed E-state index contributed by atoms with van der Waals surface area (Å²) in [6.07, 6.45) is 1.56. The fraction of sp³-hybridized carbons (Fsp3) is 0.500. The molecule has 3 N–H and O–H groups in total. The van der Waals surface area contributed by atoms with Crippen LogP contribution in [-0.2, 0) is 0 Å². The molecule has 0 radical (unpaired) electrons. The highest BCUT2D eigenvalue weighted by atomic mass is 32.1. The monoisotopic (exact) mass is 307 g/mol. The minimum atomic E-state index is -0.0913. The van der Waals surface area contributed by atoms with E-state index in [2.05, 4.69) is 34.0 Å². The fourth-order valence-electron chi connectivity index (χ4n) is 2.30. The van der Waals surface area contributed by atoms with Crippen molar-refractivity contribution >= 4 is 33.3 Å². The molecule has 0 saturated heterocycles. The van der Waals surface area contributed by atoms with Crippen LogP contribution >= 0.6 is 11.3 Å². The Balaban J connectivity index is 2.51. The number of carbonyl (C=O) groups excluding carboxylic acids is 1. The Bertz CT molecular complexity index is 636. The average molecular weight is 307 g/mol. The molecule has 1 amide bonds. The van der Waals surface area contributed by atoms with E-state index in [1.807, 2.05) is 6.92 Å². The van der Waals surface area contributed by atoms with Crippen molar-refractivity contribution in [1.29, 1.82) is 0 Å². The molecule has 0 unspecified atom stereocenters. The fourth-order valence-corrected chi connectivity index (χ4v) is 3.36. The van der Waals surface area contributed by atoms with Gasteiger partial charge < -0.3 is 16.0 Å². The van der Waals surface area contributed by atoms with E-state index in [9.17, 15) is 4.79 Å². The van der Waals surface area contributed by atoms with Crippen LogP contribution in [0.3, 0.4) is 0 Å². The minimum absolute atomic E-state index is 0.0913. The highest BCUT2D eigenvalue weighted by molar-refractivity contribution is 7.20. The van der Waals surface area contributed by atoms with Gasteiger partial charge in [0.25, 0.3) is 5.91 Å². The number of thiophene rings is 1. The van der Waals surface area contributed by atoms with Crippen LogP contribution < -0.4 is 16.0 Å². The average Bonchev–Trinajstić information content (AvgIpc) is 2.84. The van der Waals surface area contributed by atoms with E-state index >= 15 is 0 Å². The first kappa shape index (κ1) is 15.7. The normalized spacial score (nSPS) is 10.9. The van der Waals surface area contributed by atoms with Gasteiger partial charge in [0.1, 0.15) is 17.0 Å². The highest BCUT2D eigenvalue weighted by Gasteiger charge is 2.20. The summed E-state index contributed by atoms with van der Waals surface area (Å²) >= 11 is 1.40. The summed E-state index contributed by atoms with van der Waals surface area (Å²) in [5, 5.41) is 3.79. The first-order valence-electron chi connectivity index (χ1n) is 7.11. The molecular weight excluding hydrogens is 286 g/mol. The summed E-state index contributed by atoms with van der Waals surface area (Å²) in [6, 6.07) is 0. The maximum absolute atomic E-state index is 12.2. The molecule has 0 saturated carbocycles. The van der Waals surface area contributed by atoms with Crippen LogP contribution in [0.5, 0.6) is 0 Å². The van der Waals surface area contributed by atoms with Gasteiger partial charge in [0, 0.05) is 26.2 Å². The van der Waals surface area contributed by atoms with Gasteiger partial charge >= 0.3 is 0 Å². The summed E-state index contributed by atoms with van der Waals surface area (Å²) in [4.78, 5) is 24.6. The molecule has 0 aliphatic heterocycles. The smallest absolute Gasteiger partial charge is 0.261 e. The van der Waals surface area contributed by atoms with Crippen molar-refractivity contribution in [3.05, 3.63) is 16.8 Å². The molecule has 0 atom stereocenters. The molecular formula is C14H21N5OS. The van der Waals surface area contributed by atoms with Crippen LogP contribution in [0.25, 0.3) is 10.2 Å². The third-order valence-electron chi connectivity index (χ3n) is 3.41. The van der Waals surface area contributed by atoms with E-state index < -0.39 is 0 Å². The van der Waals surface area contributed by atoms with Crippen LogP contribution in [0.1, 0.15) is 29.1 Å². The molecule has 2 rings (SSSR count). The number of nitrogens with one attached hydrogen (secondary N) is 1. The molecule has 0 spiro atoms. The molecule has 0 bridgehead atoms. The Morgan fingerprint density at radius 1 is 1.38 bits per heavy atom. The van der Waals surface area contributed by atoms with E-state index in [1.165, 1.54) is 11.3 Å². The predicted octanol–water partition coefficient (Wildman–Crippen LogP) is 1.53. The number of anilines is 1. The number of aromatic nitrogens is 2. The number of hydrogen-bond acceptors (Lipinski definition) is 6. The quantitative estimate of drug-likeness (QED) is 0.845. The number of hydrogen-bond donors (Lipinski definition) is 2. The number of fused-ring (bicyclic) bond motifs is 1. The number of carbonyl (C=O) groups is 1. The van der Waals surface area contributed by atoms with Crippen molar-refractivity contribution in [3.63, 3.8) is 0 Å². The molecule has 0 aliphatic carbocycles. The maximum atomic E-state index is 12.2. The number of rotatable bonds is 6. The minimum Gasteiger partial charge on any atom is -0.357 e. The van der Waals surface area contributed by atoms with Crippen molar-refractivity contribution in [2.45, 2.75) is 20.8 Å². The molecule has 0 fully saturated rings.